The lowest BCUT2D eigenvalue weighted by atomic mass is 10.2. The van der Waals surface area contributed by atoms with Crippen molar-refractivity contribution in [2.75, 3.05) is 0 Å². The highest BCUT2D eigenvalue weighted by atomic mass is 16.1. The van der Waals surface area contributed by atoms with Crippen molar-refractivity contribution < 1.29 is 4.79 Å². The molecular weight excluding hydrogens is 148 g/mol. The Morgan fingerprint density at radius 3 is 2.67 bits per heavy atom. The molecule has 0 heterocycles. The minimum atomic E-state index is 0.326. The van der Waals surface area contributed by atoms with E-state index in [4.69, 9.17) is 0 Å². The lowest BCUT2D eigenvalue weighted by Crippen LogP contribution is -1.92. The van der Waals surface area contributed by atoms with Crippen molar-refractivity contribution in [2.24, 2.45) is 0 Å². The normalized spacial score (nSPS) is 11.1. The van der Waals surface area contributed by atoms with Crippen LogP contribution in [0.2, 0.25) is 0 Å². The third-order valence-electron chi connectivity index (χ3n) is 1.48. The molecular formula is C11H16O. The molecule has 0 amide bonds. The molecule has 0 aliphatic rings. The zero-order chi connectivity index (χ0) is 9.23. The summed E-state index contributed by atoms with van der Waals surface area (Å²) in [6.45, 7) is 5.44. The number of rotatable bonds is 6. The van der Waals surface area contributed by atoms with Crippen LogP contribution in [0.25, 0.3) is 0 Å². The van der Waals surface area contributed by atoms with Crippen molar-refractivity contribution in [3.63, 3.8) is 0 Å². The maximum Gasteiger partial charge on any atom is 0.132 e. The van der Waals surface area contributed by atoms with Gasteiger partial charge in [0.25, 0.3) is 0 Å². The molecule has 0 unspecified atom stereocenters. The number of ketones is 1. The molecule has 0 aromatic rings. The minimum absolute atomic E-state index is 0.326. The molecule has 12 heavy (non-hydrogen) atoms. The van der Waals surface area contributed by atoms with Crippen LogP contribution >= 0.6 is 0 Å². The maximum atomic E-state index is 10.8. The summed E-state index contributed by atoms with van der Waals surface area (Å²) in [6.07, 6.45) is 11.6. The van der Waals surface area contributed by atoms with E-state index < -0.39 is 0 Å². The SMILES string of the molecule is C=C/C=C/C=C\CCC(=O)CC. The van der Waals surface area contributed by atoms with E-state index in [-0.39, 0.29) is 0 Å². The van der Waals surface area contributed by atoms with Crippen LogP contribution in [0, 0.1) is 0 Å². The van der Waals surface area contributed by atoms with Gasteiger partial charge in [0.05, 0.1) is 0 Å². The third kappa shape index (κ3) is 7.00. The smallest absolute Gasteiger partial charge is 0.132 e. The minimum Gasteiger partial charge on any atom is -0.300 e. The van der Waals surface area contributed by atoms with Gasteiger partial charge in [-0.3, -0.25) is 4.79 Å². The van der Waals surface area contributed by atoms with E-state index in [0.29, 0.717) is 18.6 Å². The first-order chi connectivity index (χ1) is 5.81. The lowest BCUT2D eigenvalue weighted by Gasteiger charge is -1.89. The van der Waals surface area contributed by atoms with Crippen LogP contribution in [0.1, 0.15) is 26.2 Å². The number of allylic oxidation sites excluding steroid dienone is 5. The molecule has 0 bridgehead atoms. The molecule has 0 aliphatic carbocycles. The molecule has 0 atom stereocenters. The summed E-state index contributed by atoms with van der Waals surface area (Å²) in [6, 6.07) is 0. The Balaban J connectivity index is 3.42. The average Bonchev–Trinajstić information content (AvgIpc) is 2.10. The number of Topliss-reactive ketones (excluding diaryl/α,β-unsaturated/α-hetero) is 1. The van der Waals surface area contributed by atoms with E-state index in [1.165, 1.54) is 0 Å². The number of carbonyl (C=O) groups excluding carboxylic acids is 1. The molecule has 0 aliphatic heterocycles. The summed E-state index contributed by atoms with van der Waals surface area (Å²) in [5.74, 6) is 0.326. The van der Waals surface area contributed by atoms with E-state index in [1.54, 1.807) is 6.08 Å². The predicted molar refractivity (Wildman–Crippen MR) is 53.0 cm³/mol. The largest absolute Gasteiger partial charge is 0.300 e. The molecule has 0 radical (unpaired) electrons. The van der Waals surface area contributed by atoms with E-state index in [9.17, 15) is 4.79 Å². The zero-order valence-electron chi connectivity index (χ0n) is 7.62. The monoisotopic (exact) mass is 164 g/mol. The molecule has 0 saturated heterocycles. The van der Waals surface area contributed by atoms with Gasteiger partial charge in [-0.25, -0.2) is 0 Å². The Hall–Kier alpha value is -1.11. The highest BCUT2D eigenvalue weighted by Gasteiger charge is 1.93. The summed E-state index contributed by atoms with van der Waals surface area (Å²) in [4.78, 5) is 10.8. The molecule has 0 saturated carbocycles. The van der Waals surface area contributed by atoms with Gasteiger partial charge in [-0.05, 0) is 6.42 Å². The second-order valence-corrected chi connectivity index (χ2v) is 2.48. The van der Waals surface area contributed by atoms with Crippen LogP contribution in [0.15, 0.2) is 37.0 Å². The zero-order valence-corrected chi connectivity index (χ0v) is 7.62. The van der Waals surface area contributed by atoms with E-state index in [2.05, 4.69) is 6.58 Å². The summed E-state index contributed by atoms with van der Waals surface area (Å²) < 4.78 is 0. The van der Waals surface area contributed by atoms with Crippen molar-refractivity contribution in [3.05, 3.63) is 37.0 Å². The molecule has 0 N–H and O–H groups in total. The van der Waals surface area contributed by atoms with Crippen molar-refractivity contribution in [3.8, 4) is 0 Å². The van der Waals surface area contributed by atoms with Crippen molar-refractivity contribution >= 4 is 5.78 Å². The lowest BCUT2D eigenvalue weighted by molar-refractivity contribution is -0.118. The first kappa shape index (κ1) is 10.9. The fourth-order valence-corrected chi connectivity index (χ4v) is 0.739. The number of carbonyl (C=O) groups is 1. The van der Waals surface area contributed by atoms with Crippen LogP contribution in [0.3, 0.4) is 0 Å². The first-order valence-electron chi connectivity index (χ1n) is 4.27. The van der Waals surface area contributed by atoms with Gasteiger partial charge >= 0.3 is 0 Å². The number of hydrogen-bond donors (Lipinski definition) is 0. The second kappa shape index (κ2) is 7.99. The van der Waals surface area contributed by atoms with Gasteiger partial charge in [-0.1, -0.05) is 43.9 Å². The van der Waals surface area contributed by atoms with E-state index in [0.717, 1.165) is 6.42 Å². The standard InChI is InChI=1S/C11H16O/c1-3-5-6-7-8-9-10-11(12)4-2/h3,5-8H,1,4,9-10H2,2H3/b6-5+,8-7-. The highest BCUT2D eigenvalue weighted by molar-refractivity contribution is 5.78. The molecule has 66 valence electrons. The topological polar surface area (TPSA) is 17.1 Å². The predicted octanol–water partition coefficient (Wildman–Crippen LogP) is 3.04. The van der Waals surface area contributed by atoms with Gasteiger partial charge in [-0.15, -0.1) is 0 Å². The Bertz CT molecular complexity index is 187. The summed E-state index contributed by atoms with van der Waals surface area (Å²) in [5, 5.41) is 0. The van der Waals surface area contributed by atoms with Gasteiger partial charge in [0.2, 0.25) is 0 Å². The van der Waals surface area contributed by atoms with Gasteiger partial charge < -0.3 is 0 Å². The molecule has 0 aromatic heterocycles. The first-order valence-corrected chi connectivity index (χ1v) is 4.27. The van der Waals surface area contributed by atoms with Gasteiger partial charge in [0, 0.05) is 12.8 Å². The quantitative estimate of drug-likeness (QED) is 0.551. The molecule has 1 heteroatoms. The molecule has 0 spiro atoms. The summed E-state index contributed by atoms with van der Waals surface area (Å²) >= 11 is 0. The second-order valence-electron chi connectivity index (χ2n) is 2.48. The van der Waals surface area contributed by atoms with Gasteiger partial charge in [0.15, 0.2) is 0 Å². The maximum absolute atomic E-state index is 10.8. The fourth-order valence-electron chi connectivity index (χ4n) is 0.739. The third-order valence-corrected chi connectivity index (χ3v) is 1.48. The Kier molecular flexibility index (Phi) is 7.25. The average molecular weight is 164 g/mol. The summed E-state index contributed by atoms with van der Waals surface area (Å²) in [5.41, 5.74) is 0. The van der Waals surface area contributed by atoms with Gasteiger partial charge in [0.1, 0.15) is 5.78 Å². The van der Waals surface area contributed by atoms with Crippen molar-refractivity contribution in [2.45, 2.75) is 26.2 Å². The molecule has 0 aromatic carbocycles. The van der Waals surface area contributed by atoms with Crippen LogP contribution in [-0.4, -0.2) is 5.78 Å². The summed E-state index contributed by atoms with van der Waals surface area (Å²) in [7, 11) is 0. The molecule has 0 fully saturated rings. The Morgan fingerprint density at radius 1 is 1.33 bits per heavy atom. The Labute approximate surface area is 74.5 Å². The van der Waals surface area contributed by atoms with Crippen LogP contribution < -0.4 is 0 Å². The van der Waals surface area contributed by atoms with E-state index >= 15 is 0 Å². The molecule has 0 rings (SSSR count). The van der Waals surface area contributed by atoms with Crippen LogP contribution in [0.4, 0.5) is 0 Å². The van der Waals surface area contributed by atoms with E-state index in [1.807, 2.05) is 31.2 Å². The fraction of sp³-hybridized carbons (Fsp3) is 0.364. The highest BCUT2D eigenvalue weighted by Crippen LogP contribution is 1.95. The van der Waals surface area contributed by atoms with Crippen LogP contribution in [-0.2, 0) is 4.79 Å². The number of hydrogen-bond acceptors (Lipinski definition) is 1. The van der Waals surface area contributed by atoms with Gasteiger partial charge in [-0.2, -0.15) is 0 Å². The van der Waals surface area contributed by atoms with Crippen LogP contribution in [0.5, 0.6) is 0 Å². The molecule has 1 nitrogen and oxygen atoms in total. The van der Waals surface area contributed by atoms with Crippen molar-refractivity contribution in [1.29, 1.82) is 0 Å². The van der Waals surface area contributed by atoms with Crippen molar-refractivity contribution in [1.82, 2.24) is 0 Å². The Morgan fingerprint density at radius 2 is 2.08 bits per heavy atom.